The quantitative estimate of drug-likeness (QED) is 0.648. The van der Waals surface area contributed by atoms with E-state index in [2.05, 4.69) is 5.32 Å². The van der Waals surface area contributed by atoms with Crippen molar-refractivity contribution < 1.29 is 27.5 Å². The predicted octanol–water partition coefficient (Wildman–Crippen LogP) is 3.45. The topological polar surface area (TPSA) is 70.7 Å². The first-order valence-electron chi connectivity index (χ1n) is 9.31. The normalized spacial score (nSPS) is 11.3. The lowest BCUT2D eigenvalue weighted by Gasteiger charge is -2.17. The summed E-state index contributed by atoms with van der Waals surface area (Å²) < 4.78 is 41.9. The van der Waals surface area contributed by atoms with Gasteiger partial charge in [-0.05, 0) is 55.9 Å². The highest BCUT2D eigenvalue weighted by Crippen LogP contribution is 2.16. The van der Waals surface area contributed by atoms with Crippen molar-refractivity contribution in [1.82, 2.24) is 10.2 Å². The Bertz CT molecular complexity index is 837. The smallest absolute Gasteiger partial charge is 0.405 e. The molecule has 0 unspecified atom stereocenters. The molecule has 2 aromatic carbocycles. The van der Waals surface area contributed by atoms with Gasteiger partial charge in [-0.1, -0.05) is 12.1 Å². The zero-order valence-corrected chi connectivity index (χ0v) is 16.8. The van der Waals surface area contributed by atoms with Crippen molar-refractivity contribution in [3.05, 3.63) is 59.7 Å². The van der Waals surface area contributed by atoms with E-state index in [1.807, 2.05) is 12.2 Å². The third-order valence-corrected chi connectivity index (χ3v) is 3.98. The van der Waals surface area contributed by atoms with Gasteiger partial charge in [0.2, 0.25) is 5.91 Å². The largest absolute Gasteiger partial charge is 0.494 e. The number of hydrogen-bond donors (Lipinski definition) is 2. The first-order chi connectivity index (χ1) is 14.2. The van der Waals surface area contributed by atoms with Crippen LogP contribution < -0.4 is 15.4 Å². The van der Waals surface area contributed by atoms with Gasteiger partial charge in [-0.15, -0.1) is 0 Å². The summed E-state index contributed by atoms with van der Waals surface area (Å²) >= 11 is 0. The summed E-state index contributed by atoms with van der Waals surface area (Å²) in [5.41, 5.74) is 1.61. The predicted molar refractivity (Wildman–Crippen MR) is 107 cm³/mol. The first kappa shape index (κ1) is 23.2. The van der Waals surface area contributed by atoms with E-state index in [4.69, 9.17) is 4.74 Å². The molecule has 30 heavy (non-hydrogen) atoms. The Labute approximate surface area is 173 Å². The standard InChI is InChI=1S/C21H24F3N3O3/c1-3-30-18-10-8-17(9-11-18)26-19(28)13-27(2)12-15-4-6-16(7-5-15)20(29)25-14-21(22,23)24/h4-11H,3,12-14H2,1-2H3,(H,25,29)(H,26,28). The fourth-order valence-electron chi connectivity index (χ4n) is 2.66. The maximum absolute atomic E-state index is 12.2. The molecule has 0 bridgehead atoms. The van der Waals surface area contributed by atoms with E-state index in [-0.39, 0.29) is 18.0 Å². The van der Waals surface area contributed by atoms with E-state index in [9.17, 15) is 22.8 Å². The van der Waals surface area contributed by atoms with Gasteiger partial charge >= 0.3 is 6.18 Å². The molecule has 0 aliphatic carbocycles. The van der Waals surface area contributed by atoms with Gasteiger partial charge in [-0.2, -0.15) is 13.2 Å². The average molecular weight is 423 g/mol. The number of nitrogens with zero attached hydrogens (tertiary/aromatic N) is 1. The van der Waals surface area contributed by atoms with E-state index in [1.54, 1.807) is 48.3 Å². The summed E-state index contributed by atoms with van der Waals surface area (Å²) in [7, 11) is 1.77. The monoisotopic (exact) mass is 423 g/mol. The molecular weight excluding hydrogens is 399 g/mol. The Morgan fingerprint density at radius 2 is 1.67 bits per heavy atom. The van der Waals surface area contributed by atoms with Crippen molar-refractivity contribution in [3.8, 4) is 5.75 Å². The molecule has 0 spiro atoms. The molecular formula is C21H24F3N3O3. The lowest BCUT2D eigenvalue weighted by molar-refractivity contribution is -0.123. The van der Waals surface area contributed by atoms with Crippen LogP contribution in [-0.2, 0) is 11.3 Å². The molecule has 0 atom stereocenters. The third-order valence-electron chi connectivity index (χ3n) is 3.98. The number of halogens is 3. The van der Waals surface area contributed by atoms with Crippen molar-refractivity contribution in [2.24, 2.45) is 0 Å². The Balaban J connectivity index is 1.81. The second-order valence-corrected chi connectivity index (χ2v) is 6.67. The average Bonchev–Trinajstić information content (AvgIpc) is 2.67. The second-order valence-electron chi connectivity index (χ2n) is 6.67. The molecule has 2 N–H and O–H groups in total. The van der Waals surface area contributed by atoms with Crippen LogP contribution in [0.5, 0.6) is 5.75 Å². The second kappa shape index (κ2) is 10.6. The number of amides is 2. The van der Waals surface area contributed by atoms with Gasteiger partial charge in [-0.25, -0.2) is 0 Å². The molecule has 9 heteroatoms. The van der Waals surface area contributed by atoms with Crippen LogP contribution in [0.2, 0.25) is 0 Å². The lowest BCUT2D eigenvalue weighted by atomic mass is 10.1. The number of anilines is 1. The highest BCUT2D eigenvalue weighted by atomic mass is 19.4. The molecule has 2 aromatic rings. The fourth-order valence-corrected chi connectivity index (χ4v) is 2.66. The SMILES string of the molecule is CCOc1ccc(NC(=O)CN(C)Cc2ccc(C(=O)NCC(F)(F)F)cc2)cc1. The van der Waals surface area contributed by atoms with E-state index < -0.39 is 18.6 Å². The summed E-state index contributed by atoms with van der Waals surface area (Å²) in [6.07, 6.45) is -4.45. The number of likely N-dealkylation sites (N-methyl/N-ethyl adjacent to an activating group) is 1. The van der Waals surface area contributed by atoms with Crippen LogP contribution >= 0.6 is 0 Å². The molecule has 162 valence electrons. The molecule has 0 saturated carbocycles. The van der Waals surface area contributed by atoms with Gasteiger partial charge < -0.3 is 15.4 Å². The highest BCUT2D eigenvalue weighted by Gasteiger charge is 2.27. The van der Waals surface area contributed by atoms with Gasteiger partial charge in [0.1, 0.15) is 12.3 Å². The fraction of sp³-hybridized carbons (Fsp3) is 0.333. The zero-order chi connectivity index (χ0) is 22.1. The van der Waals surface area contributed by atoms with Gasteiger partial charge in [0.05, 0.1) is 13.2 Å². The number of carbonyl (C=O) groups excluding carboxylic acids is 2. The van der Waals surface area contributed by atoms with Crippen molar-refractivity contribution in [2.45, 2.75) is 19.6 Å². The number of carbonyl (C=O) groups is 2. The number of nitrogens with one attached hydrogen (secondary N) is 2. The van der Waals surface area contributed by atoms with Crippen molar-refractivity contribution >= 4 is 17.5 Å². The van der Waals surface area contributed by atoms with E-state index in [0.717, 1.165) is 11.3 Å². The summed E-state index contributed by atoms with van der Waals surface area (Å²) in [6, 6.07) is 13.2. The van der Waals surface area contributed by atoms with E-state index in [0.29, 0.717) is 18.8 Å². The zero-order valence-electron chi connectivity index (χ0n) is 16.8. The minimum absolute atomic E-state index is 0.138. The minimum atomic E-state index is -4.45. The molecule has 0 aromatic heterocycles. The van der Waals surface area contributed by atoms with Gasteiger partial charge in [0.25, 0.3) is 5.91 Å². The number of alkyl halides is 3. The van der Waals surface area contributed by atoms with Crippen molar-refractivity contribution in [3.63, 3.8) is 0 Å². The van der Waals surface area contributed by atoms with Crippen LogP contribution in [-0.4, -0.2) is 49.6 Å². The maximum atomic E-state index is 12.2. The lowest BCUT2D eigenvalue weighted by Crippen LogP contribution is -2.33. The van der Waals surface area contributed by atoms with Gasteiger partial charge in [0.15, 0.2) is 0 Å². The van der Waals surface area contributed by atoms with Crippen LogP contribution in [0.1, 0.15) is 22.8 Å². The Kier molecular flexibility index (Phi) is 8.23. The van der Waals surface area contributed by atoms with Crippen LogP contribution in [0.15, 0.2) is 48.5 Å². The summed E-state index contributed by atoms with van der Waals surface area (Å²) in [5, 5.41) is 4.62. The molecule has 6 nitrogen and oxygen atoms in total. The Morgan fingerprint density at radius 1 is 1.03 bits per heavy atom. The van der Waals surface area contributed by atoms with Gasteiger partial charge in [0, 0.05) is 17.8 Å². The molecule has 0 fully saturated rings. The number of ether oxygens (including phenoxy) is 1. The number of hydrogen-bond acceptors (Lipinski definition) is 4. The van der Waals surface area contributed by atoms with E-state index >= 15 is 0 Å². The number of rotatable bonds is 9. The Morgan fingerprint density at radius 3 is 2.23 bits per heavy atom. The minimum Gasteiger partial charge on any atom is -0.494 e. The molecule has 0 aliphatic rings. The maximum Gasteiger partial charge on any atom is 0.405 e. The van der Waals surface area contributed by atoms with Crippen LogP contribution in [0.25, 0.3) is 0 Å². The van der Waals surface area contributed by atoms with Crippen molar-refractivity contribution in [1.29, 1.82) is 0 Å². The molecule has 2 rings (SSSR count). The van der Waals surface area contributed by atoms with Crippen LogP contribution in [0.4, 0.5) is 18.9 Å². The molecule has 0 aliphatic heterocycles. The van der Waals surface area contributed by atoms with Gasteiger partial charge in [-0.3, -0.25) is 14.5 Å². The van der Waals surface area contributed by atoms with Crippen LogP contribution in [0, 0.1) is 0 Å². The summed E-state index contributed by atoms with van der Waals surface area (Å²) in [4.78, 5) is 25.7. The van der Waals surface area contributed by atoms with Crippen molar-refractivity contribution in [2.75, 3.05) is 32.1 Å². The molecule has 0 heterocycles. The van der Waals surface area contributed by atoms with Crippen LogP contribution in [0.3, 0.4) is 0 Å². The first-order valence-corrected chi connectivity index (χ1v) is 9.31. The molecule has 0 saturated heterocycles. The van der Waals surface area contributed by atoms with E-state index in [1.165, 1.54) is 12.1 Å². The third kappa shape index (κ3) is 8.12. The Hall–Kier alpha value is -3.07. The highest BCUT2D eigenvalue weighted by molar-refractivity contribution is 5.94. The molecule has 2 amide bonds. The summed E-state index contributed by atoms with van der Waals surface area (Å²) in [6.45, 7) is 1.65. The molecule has 0 radical (unpaired) electrons. The number of benzene rings is 2. The summed E-state index contributed by atoms with van der Waals surface area (Å²) in [5.74, 6) is -0.255.